The first-order valence-electron chi connectivity index (χ1n) is 12.0. The third-order valence-electron chi connectivity index (χ3n) is 6.21. The molecule has 2 aromatic heterocycles. The minimum Gasteiger partial charge on any atom is -0.494 e. The van der Waals surface area contributed by atoms with Gasteiger partial charge in [-0.15, -0.1) is 22.7 Å². The van der Waals surface area contributed by atoms with Gasteiger partial charge in [-0.3, -0.25) is 4.79 Å². The van der Waals surface area contributed by atoms with E-state index in [4.69, 9.17) is 19.2 Å². The summed E-state index contributed by atoms with van der Waals surface area (Å²) in [5, 5.41) is 4.87. The van der Waals surface area contributed by atoms with E-state index in [1.807, 2.05) is 49.4 Å². The Morgan fingerprint density at radius 1 is 1.03 bits per heavy atom. The van der Waals surface area contributed by atoms with Crippen LogP contribution in [-0.4, -0.2) is 24.3 Å². The van der Waals surface area contributed by atoms with Gasteiger partial charge in [-0.2, -0.15) is 0 Å². The number of fused-ring (bicyclic) bond motifs is 2. The van der Waals surface area contributed by atoms with Gasteiger partial charge in [0.05, 0.1) is 16.8 Å². The van der Waals surface area contributed by atoms with Crippen molar-refractivity contribution in [1.29, 1.82) is 0 Å². The number of rotatable bonds is 7. The van der Waals surface area contributed by atoms with E-state index in [0.717, 1.165) is 59.0 Å². The van der Waals surface area contributed by atoms with Gasteiger partial charge in [0, 0.05) is 22.4 Å². The van der Waals surface area contributed by atoms with E-state index in [1.54, 1.807) is 34.8 Å². The highest BCUT2D eigenvalue weighted by Crippen LogP contribution is 2.44. The topological polar surface area (TPSA) is 69.7 Å². The van der Waals surface area contributed by atoms with Gasteiger partial charge in [0.2, 0.25) is 6.79 Å². The largest absolute Gasteiger partial charge is 0.494 e. The highest BCUT2D eigenvalue weighted by Gasteiger charge is 2.23. The van der Waals surface area contributed by atoms with Crippen LogP contribution >= 0.6 is 22.7 Å². The number of anilines is 1. The Labute approximate surface area is 222 Å². The highest BCUT2D eigenvalue weighted by atomic mass is 32.1. The Morgan fingerprint density at radius 3 is 2.65 bits per heavy atom. The molecular weight excluding hydrogens is 504 g/mol. The monoisotopic (exact) mass is 528 g/mol. The number of thiophene rings is 1. The van der Waals surface area contributed by atoms with E-state index >= 15 is 0 Å². The first-order valence-corrected chi connectivity index (χ1v) is 13.6. The second-order valence-corrected chi connectivity index (χ2v) is 10.8. The first-order chi connectivity index (χ1) is 18.1. The molecule has 1 N–H and O–H groups in total. The zero-order chi connectivity index (χ0) is 25.4. The molecule has 186 valence electrons. The molecule has 0 spiro atoms. The van der Waals surface area contributed by atoms with Crippen molar-refractivity contribution in [1.82, 2.24) is 4.98 Å². The molecule has 0 atom stereocenters. The van der Waals surface area contributed by atoms with Crippen molar-refractivity contribution in [2.75, 3.05) is 18.7 Å². The molecule has 0 saturated carbocycles. The van der Waals surface area contributed by atoms with Crippen molar-refractivity contribution < 1.29 is 19.0 Å². The van der Waals surface area contributed by atoms with Gasteiger partial charge in [-0.25, -0.2) is 4.98 Å². The maximum Gasteiger partial charge on any atom is 0.256 e. The van der Waals surface area contributed by atoms with Crippen LogP contribution in [-0.2, 0) is 6.42 Å². The number of benzene rings is 3. The predicted octanol–water partition coefficient (Wildman–Crippen LogP) is 7.30. The van der Waals surface area contributed by atoms with Crippen LogP contribution in [0.5, 0.6) is 17.2 Å². The Morgan fingerprint density at radius 2 is 1.84 bits per heavy atom. The van der Waals surface area contributed by atoms with E-state index in [0.29, 0.717) is 18.6 Å². The highest BCUT2D eigenvalue weighted by molar-refractivity contribution is 7.23. The molecule has 1 aliphatic rings. The standard InChI is InChI=1S/C29H24N2O4S2/c1-3-33-20-11-9-19(10-12-20)27(32)31-29-26(28-30-21-6-4-5-7-24(21)36-28)17(2)25(37-29)15-18-8-13-22-23(14-18)35-16-34-22/h4-14H,3,15-16H2,1-2H3,(H,31,32). The van der Waals surface area contributed by atoms with Gasteiger partial charge in [-0.1, -0.05) is 18.2 Å². The number of nitrogens with zero attached hydrogens (tertiary/aromatic N) is 1. The van der Waals surface area contributed by atoms with Gasteiger partial charge >= 0.3 is 0 Å². The van der Waals surface area contributed by atoms with Crippen molar-refractivity contribution in [3.8, 4) is 27.8 Å². The summed E-state index contributed by atoms with van der Waals surface area (Å²) in [4.78, 5) is 19.3. The van der Waals surface area contributed by atoms with E-state index in [1.165, 1.54) is 0 Å². The summed E-state index contributed by atoms with van der Waals surface area (Å²) < 4.78 is 17.7. The summed E-state index contributed by atoms with van der Waals surface area (Å²) in [5.74, 6) is 2.11. The zero-order valence-electron chi connectivity index (χ0n) is 20.4. The number of carbonyl (C=O) groups excluding carboxylic acids is 1. The van der Waals surface area contributed by atoms with Crippen LogP contribution in [0, 0.1) is 6.92 Å². The van der Waals surface area contributed by atoms with Gasteiger partial charge in [0.15, 0.2) is 11.5 Å². The molecule has 0 bridgehead atoms. The molecule has 8 heteroatoms. The van der Waals surface area contributed by atoms with Gasteiger partial charge in [0.25, 0.3) is 5.91 Å². The maximum absolute atomic E-state index is 13.3. The predicted molar refractivity (Wildman–Crippen MR) is 149 cm³/mol. The smallest absolute Gasteiger partial charge is 0.256 e. The SMILES string of the molecule is CCOc1ccc(C(=O)Nc2sc(Cc3ccc4c(c3)OCO4)c(C)c2-c2nc3ccccc3s2)cc1. The minimum absolute atomic E-state index is 0.165. The van der Waals surface area contributed by atoms with Crippen LogP contribution in [0.1, 0.15) is 33.3 Å². The third kappa shape index (κ3) is 4.65. The summed E-state index contributed by atoms with van der Waals surface area (Å²) in [7, 11) is 0. The number of carbonyl (C=O) groups is 1. The molecule has 6 rings (SSSR count). The molecule has 5 aromatic rings. The fourth-order valence-electron chi connectivity index (χ4n) is 4.33. The van der Waals surface area contributed by atoms with Crippen LogP contribution in [0.4, 0.5) is 5.00 Å². The van der Waals surface area contributed by atoms with Crippen molar-refractivity contribution in [2.45, 2.75) is 20.3 Å². The second kappa shape index (κ2) is 9.88. The Kier molecular flexibility index (Phi) is 6.28. The number of nitrogens with one attached hydrogen (secondary N) is 1. The molecule has 0 fully saturated rings. The number of amides is 1. The third-order valence-corrected chi connectivity index (χ3v) is 8.47. The quantitative estimate of drug-likeness (QED) is 0.240. The fourth-order valence-corrected chi connectivity index (χ4v) is 6.71. The first kappa shape index (κ1) is 23.5. The van der Waals surface area contributed by atoms with Crippen LogP contribution in [0.15, 0.2) is 66.7 Å². The lowest BCUT2D eigenvalue weighted by Gasteiger charge is -2.07. The number of hydrogen-bond donors (Lipinski definition) is 1. The fraction of sp³-hybridized carbons (Fsp3) is 0.172. The molecule has 0 radical (unpaired) electrons. The molecule has 6 nitrogen and oxygen atoms in total. The van der Waals surface area contributed by atoms with Gasteiger partial charge in [0.1, 0.15) is 15.8 Å². The number of thiazole rings is 1. The number of aromatic nitrogens is 1. The molecule has 0 unspecified atom stereocenters. The molecule has 37 heavy (non-hydrogen) atoms. The summed E-state index contributed by atoms with van der Waals surface area (Å²) in [6, 6.07) is 21.3. The van der Waals surface area contributed by atoms with Gasteiger partial charge in [-0.05, 0) is 73.5 Å². The maximum atomic E-state index is 13.3. The Hall–Kier alpha value is -3.88. The Bertz CT molecular complexity index is 1570. The summed E-state index contributed by atoms with van der Waals surface area (Å²) >= 11 is 3.23. The molecule has 3 heterocycles. The van der Waals surface area contributed by atoms with Crippen molar-refractivity contribution in [2.24, 2.45) is 0 Å². The van der Waals surface area contributed by atoms with Crippen molar-refractivity contribution >= 4 is 43.8 Å². The molecular formula is C29H24N2O4S2. The van der Waals surface area contributed by atoms with E-state index in [-0.39, 0.29) is 12.7 Å². The number of hydrogen-bond acceptors (Lipinski definition) is 7. The normalized spacial score (nSPS) is 12.2. The van der Waals surface area contributed by atoms with Crippen LogP contribution in [0.3, 0.4) is 0 Å². The average molecular weight is 529 g/mol. The lowest BCUT2D eigenvalue weighted by molar-refractivity contribution is 0.102. The van der Waals surface area contributed by atoms with Crippen LogP contribution in [0.2, 0.25) is 0 Å². The van der Waals surface area contributed by atoms with Crippen molar-refractivity contribution in [3.63, 3.8) is 0 Å². The molecule has 3 aromatic carbocycles. The molecule has 1 aliphatic heterocycles. The number of ether oxygens (including phenoxy) is 3. The lowest BCUT2D eigenvalue weighted by atomic mass is 10.1. The Balaban J connectivity index is 1.37. The summed E-state index contributed by atoms with van der Waals surface area (Å²) in [6.07, 6.45) is 0.712. The average Bonchev–Trinajstić information content (AvgIpc) is 3.61. The summed E-state index contributed by atoms with van der Waals surface area (Å²) in [6.45, 7) is 4.87. The summed E-state index contributed by atoms with van der Waals surface area (Å²) in [5.41, 5.74) is 4.73. The van der Waals surface area contributed by atoms with E-state index < -0.39 is 0 Å². The van der Waals surface area contributed by atoms with Gasteiger partial charge < -0.3 is 19.5 Å². The lowest BCUT2D eigenvalue weighted by Crippen LogP contribution is -2.11. The van der Waals surface area contributed by atoms with Crippen molar-refractivity contribution in [3.05, 3.63) is 88.3 Å². The van der Waals surface area contributed by atoms with E-state index in [9.17, 15) is 4.79 Å². The molecule has 0 saturated heterocycles. The van der Waals surface area contributed by atoms with Crippen LogP contribution in [0.25, 0.3) is 20.8 Å². The molecule has 1 amide bonds. The van der Waals surface area contributed by atoms with Crippen LogP contribution < -0.4 is 19.5 Å². The zero-order valence-corrected chi connectivity index (χ0v) is 22.0. The molecule has 0 aliphatic carbocycles. The second-order valence-electron chi connectivity index (χ2n) is 8.62. The number of para-hydroxylation sites is 1. The minimum atomic E-state index is -0.165. The van der Waals surface area contributed by atoms with E-state index in [2.05, 4.69) is 24.4 Å².